The van der Waals surface area contributed by atoms with E-state index in [9.17, 15) is 4.79 Å². The van der Waals surface area contributed by atoms with Crippen molar-refractivity contribution in [3.05, 3.63) is 0 Å². The average Bonchev–Trinajstić information content (AvgIpc) is 2.19. The Morgan fingerprint density at radius 2 is 2.15 bits per heavy atom. The highest BCUT2D eigenvalue weighted by Gasteiger charge is 2.20. The summed E-state index contributed by atoms with van der Waals surface area (Å²) >= 11 is 3.32. The van der Waals surface area contributed by atoms with E-state index in [2.05, 4.69) is 21.2 Å². The van der Waals surface area contributed by atoms with Crippen LogP contribution >= 0.6 is 15.9 Å². The molecule has 1 rings (SSSR count). The van der Waals surface area contributed by atoms with Gasteiger partial charge in [0, 0.05) is 31.0 Å². The van der Waals surface area contributed by atoms with Crippen molar-refractivity contribution < 1.29 is 9.53 Å². The van der Waals surface area contributed by atoms with Crippen molar-refractivity contribution in [1.29, 1.82) is 0 Å². The first kappa shape index (κ1) is 11.0. The van der Waals surface area contributed by atoms with Gasteiger partial charge in [-0.1, -0.05) is 15.9 Å². The molecule has 0 aliphatic carbocycles. The van der Waals surface area contributed by atoms with Crippen LogP contribution in [0.1, 0.15) is 19.3 Å². The summed E-state index contributed by atoms with van der Waals surface area (Å²) in [4.78, 5) is 11.5. The van der Waals surface area contributed by atoms with Crippen LogP contribution in [0.2, 0.25) is 0 Å². The van der Waals surface area contributed by atoms with Gasteiger partial charge in [-0.3, -0.25) is 4.79 Å². The second-order valence-electron chi connectivity index (χ2n) is 3.22. The zero-order valence-electron chi connectivity index (χ0n) is 7.72. The fourth-order valence-electron chi connectivity index (χ4n) is 1.38. The minimum Gasteiger partial charge on any atom is -0.381 e. The number of ether oxygens (including phenoxy) is 1. The molecule has 13 heavy (non-hydrogen) atoms. The number of amides is 1. The number of carbonyl (C=O) groups is 1. The van der Waals surface area contributed by atoms with Gasteiger partial charge in [0.05, 0.1) is 0 Å². The Balaban J connectivity index is 2.13. The van der Waals surface area contributed by atoms with Gasteiger partial charge < -0.3 is 10.1 Å². The van der Waals surface area contributed by atoms with Crippen LogP contribution in [0.25, 0.3) is 0 Å². The Kier molecular flexibility index (Phi) is 5.39. The van der Waals surface area contributed by atoms with Crippen molar-refractivity contribution in [2.45, 2.75) is 19.3 Å². The summed E-state index contributed by atoms with van der Waals surface area (Å²) in [5.74, 6) is 0.383. The molecule has 1 amide bonds. The third-order valence-electron chi connectivity index (χ3n) is 2.20. The van der Waals surface area contributed by atoms with Crippen molar-refractivity contribution in [2.75, 3.05) is 25.1 Å². The maximum Gasteiger partial charge on any atom is 0.223 e. The lowest BCUT2D eigenvalue weighted by atomic mass is 9.99. The van der Waals surface area contributed by atoms with Gasteiger partial charge in [0.1, 0.15) is 0 Å². The van der Waals surface area contributed by atoms with Crippen LogP contribution in [0.15, 0.2) is 0 Å². The zero-order valence-corrected chi connectivity index (χ0v) is 9.31. The van der Waals surface area contributed by atoms with Gasteiger partial charge >= 0.3 is 0 Å². The van der Waals surface area contributed by atoms with Gasteiger partial charge in [0.25, 0.3) is 0 Å². The highest BCUT2D eigenvalue weighted by molar-refractivity contribution is 9.09. The number of rotatable bonds is 4. The molecule has 3 nitrogen and oxygen atoms in total. The molecule has 1 N–H and O–H groups in total. The molecule has 1 saturated heterocycles. The van der Waals surface area contributed by atoms with Crippen LogP contribution in [0, 0.1) is 5.92 Å². The molecule has 1 heterocycles. The third kappa shape index (κ3) is 4.09. The predicted molar refractivity (Wildman–Crippen MR) is 55.0 cm³/mol. The highest BCUT2D eigenvalue weighted by atomic mass is 79.9. The lowest BCUT2D eigenvalue weighted by Gasteiger charge is -2.20. The number of hydrogen-bond donors (Lipinski definition) is 1. The minimum atomic E-state index is 0.184. The third-order valence-corrected chi connectivity index (χ3v) is 2.76. The number of halogens is 1. The van der Waals surface area contributed by atoms with Gasteiger partial charge in [-0.05, 0) is 19.3 Å². The molecular weight excluding hydrogens is 234 g/mol. The lowest BCUT2D eigenvalue weighted by Crippen LogP contribution is -2.34. The fourth-order valence-corrected chi connectivity index (χ4v) is 1.66. The molecule has 0 aromatic rings. The first-order valence-corrected chi connectivity index (χ1v) is 5.88. The van der Waals surface area contributed by atoms with Gasteiger partial charge in [-0.2, -0.15) is 0 Å². The van der Waals surface area contributed by atoms with E-state index in [4.69, 9.17) is 4.74 Å². The van der Waals surface area contributed by atoms with Crippen molar-refractivity contribution in [3.63, 3.8) is 0 Å². The SMILES string of the molecule is O=C(NCCCBr)C1CCOCC1. The van der Waals surface area contributed by atoms with Crippen LogP contribution < -0.4 is 5.32 Å². The second-order valence-corrected chi connectivity index (χ2v) is 4.01. The molecule has 0 radical (unpaired) electrons. The van der Waals surface area contributed by atoms with Gasteiger partial charge in [0.15, 0.2) is 0 Å². The summed E-state index contributed by atoms with van der Waals surface area (Å²) in [7, 11) is 0. The Hall–Kier alpha value is -0.0900. The Bertz CT molecular complexity index is 158. The van der Waals surface area contributed by atoms with Crippen LogP contribution in [0.3, 0.4) is 0 Å². The van der Waals surface area contributed by atoms with E-state index in [1.165, 1.54) is 0 Å². The Labute approximate surface area is 87.3 Å². The normalized spacial score (nSPS) is 18.5. The van der Waals surface area contributed by atoms with E-state index < -0.39 is 0 Å². The fraction of sp³-hybridized carbons (Fsp3) is 0.889. The molecular formula is C9H16BrNO2. The summed E-state index contributed by atoms with van der Waals surface area (Å²) in [5.41, 5.74) is 0. The van der Waals surface area contributed by atoms with Crippen LogP contribution in [0.4, 0.5) is 0 Å². The molecule has 76 valence electrons. The summed E-state index contributed by atoms with van der Waals surface area (Å²) in [6.45, 7) is 2.24. The van der Waals surface area contributed by atoms with Crippen molar-refractivity contribution in [2.24, 2.45) is 5.92 Å². The minimum absolute atomic E-state index is 0.184. The number of alkyl halides is 1. The quantitative estimate of drug-likeness (QED) is 0.603. The van der Waals surface area contributed by atoms with Crippen molar-refractivity contribution in [1.82, 2.24) is 5.32 Å². The van der Waals surface area contributed by atoms with Gasteiger partial charge in [-0.15, -0.1) is 0 Å². The van der Waals surface area contributed by atoms with Crippen LogP contribution in [-0.2, 0) is 9.53 Å². The Morgan fingerprint density at radius 3 is 2.77 bits per heavy atom. The maximum atomic E-state index is 11.5. The monoisotopic (exact) mass is 249 g/mol. The first-order chi connectivity index (χ1) is 6.34. The van der Waals surface area contributed by atoms with E-state index >= 15 is 0 Å². The Morgan fingerprint density at radius 1 is 1.46 bits per heavy atom. The molecule has 0 bridgehead atoms. The molecule has 1 fully saturated rings. The first-order valence-electron chi connectivity index (χ1n) is 4.76. The lowest BCUT2D eigenvalue weighted by molar-refractivity contribution is -0.127. The molecule has 4 heteroatoms. The molecule has 0 aromatic carbocycles. The smallest absolute Gasteiger partial charge is 0.223 e. The van der Waals surface area contributed by atoms with E-state index in [0.717, 1.165) is 44.4 Å². The molecule has 0 unspecified atom stereocenters. The predicted octanol–water partition coefficient (Wildman–Crippen LogP) is 1.31. The number of carbonyl (C=O) groups excluding carboxylic acids is 1. The molecule has 0 saturated carbocycles. The molecule has 1 aliphatic heterocycles. The molecule has 0 aromatic heterocycles. The van der Waals surface area contributed by atoms with E-state index in [-0.39, 0.29) is 11.8 Å². The van der Waals surface area contributed by atoms with Crippen molar-refractivity contribution in [3.8, 4) is 0 Å². The van der Waals surface area contributed by atoms with E-state index in [0.29, 0.717) is 0 Å². The summed E-state index contributed by atoms with van der Waals surface area (Å²) < 4.78 is 5.19. The summed E-state index contributed by atoms with van der Waals surface area (Å²) in [6.07, 6.45) is 2.75. The topological polar surface area (TPSA) is 38.3 Å². The van der Waals surface area contributed by atoms with Crippen LogP contribution in [0.5, 0.6) is 0 Å². The molecule has 1 aliphatic rings. The summed E-state index contributed by atoms with van der Waals surface area (Å²) in [5, 5.41) is 3.87. The van der Waals surface area contributed by atoms with Gasteiger partial charge in [0.2, 0.25) is 5.91 Å². The molecule has 0 spiro atoms. The maximum absolute atomic E-state index is 11.5. The zero-order chi connectivity index (χ0) is 9.52. The largest absolute Gasteiger partial charge is 0.381 e. The molecule has 0 atom stereocenters. The van der Waals surface area contributed by atoms with Gasteiger partial charge in [-0.25, -0.2) is 0 Å². The second kappa shape index (κ2) is 6.38. The highest BCUT2D eigenvalue weighted by Crippen LogP contribution is 2.14. The average molecular weight is 250 g/mol. The van der Waals surface area contributed by atoms with Crippen LogP contribution in [-0.4, -0.2) is 31.0 Å². The number of nitrogens with one attached hydrogen (secondary N) is 1. The van der Waals surface area contributed by atoms with E-state index in [1.54, 1.807) is 0 Å². The van der Waals surface area contributed by atoms with Crippen molar-refractivity contribution >= 4 is 21.8 Å². The summed E-state index contributed by atoms with van der Waals surface area (Å²) in [6, 6.07) is 0. The van der Waals surface area contributed by atoms with E-state index in [1.807, 2.05) is 0 Å². The number of hydrogen-bond acceptors (Lipinski definition) is 2. The standard InChI is InChI=1S/C9H16BrNO2/c10-4-1-5-11-9(12)8-2-6-13-7-3-8/h8H,1-7H2,(H,11,12).